The van der Waals surface area contributed by atoms with Crippen molar-refractivity contribution in [3.63, 3.8) is 0 Å². The van der Waals surface area contributed by atoms with Crippen LogP contribution in [0.25, 0.3) is 0 Å². The lowest BCUT2D eigenvalue weighted by Gasteiger charge is -2.05. The van der Waals surface area contributed by atoms with Crippen LogP contribution in [0.3, 0.4) is 0 Å². The second-order valence-corrected chi connectivity index (χ2v) is 3.65. The Kier molecular flexibility index (Phi) is 4.91. The van der Waals surface area contributed by atoms with Crippen molar-refractivity contribution in [2.75, 3.05) is 0 Å². The number of unbranched alkanes of at least 4 members (excludes halogenated alkanes) is 1. The SMILES string of the molecule is CCCCc1noc(CNC(C)C(=O)O)n1. The molecule has 1 rings (SSSR count). The van der Waals surface area contributed by atoms with Gasteiger partial charge in [-0.15, -0.1) is 0 Å². The van der Waals surface area contributed by atoms with Crippen LogP contribution in [-0.4, -0.2) is 27.3 Å². The van der Waals surface area contributed by atoms with Gasteiger partial charge < -0.3 is 9.63 Å². The van der Waals surface area contributed by atoms with E-state index in [4.69, 9.17) is 9.63 Å². The van der Waals surface area contributed by atoms with Gasteiger partial charge in [0.25, 0.3) is 0 Å². The summed E-state index contributed by atoms with van der Waals surface area (Å²) in [5.41, 5.74) is 0. The highest BCUT2D eigenvalue weighted by Crippen LogP contribution is 2.02. The number of aromatic nitrogens is 2. The van der Waals surface area contributed by atoms with Crippen LogP contribution >= 0.6 is 0 Å². The number of aliphatic carboxylic acids is 1. The van der Waals surface area contributed by atoms with Crippen molar-refractivity contribution in [1.82, 2.24) is 15.5 Å². The molecular formula is C10H17N3O3. The molecule has 0 fully saturated rings. The lowest BCUT2D eigenvalue weighted by atomic mass is 10.2. The minimum absolute atomic E-state index is 0.284. The predicted octanol–water partition coefficient (Wildman–Crippen LogP) is 0.975. The fourth-order valence-electron chi connectivity index (χ4n) is 1.13. The van der Waals surface area contributed by atoms with Crippen molar-refractivity contribution in [2.45, 2.75) is 45.7 Å². The van der Waals surface area contributed by atoms with Crippen molar-refractivity contribution in [3.8, 4) is 0 Å². The van der Waals surface area contributed by atoms with E-state index in [1.807, 2.05) is 0 Å². The number of rotatable bonds is 7. The summed E-state index contributed by atoms with van der Waals surface area (Å²) in [5, 5.41) is 15.2. The van der Waals surface area contributed by atoms with Gasteiger partial charge in [0.1, 0.15) is 6.04 Å². The van der Waals surface area contributed by atoms with Crippen LogP contribution in [0.15, 0.2) is 4.52 Å². The highest BCUT2D eigenvalue weighted by molar-refractivity contribution is 5.72. The molecule has 6 heteroatoms. The van der Waals surface area contributed by atoms with Gasteiger partial charge in [-0.1, -0.05) is 18.5 Å². The van der Waals surface area contributed by atoms with E-state index in [1.165, 1.54) is 0 Å². The monoisotopic (exact) mass is 227 g/mol. The molecule has 1 unspecified atom stereocenters. The van der Waals surface area contributed by atoms with Gasteiger partial charge in [0, 0.05) is 6.42 Å². The average molecular weight is 227 g/mol. The van der Waals surface area contributed by atoms with Gasteiger partial charge in [0.2, 0.25) is 5.89 Å². The van der Waals surface area contributed by atoms with E-state index in [1.54, 1.807) is 6.92 Å². The summed E-state index contributed by atoms with van der Waals surface area (Å²) in [6.45, 7) is 3.94. The molecule has 1 atom stereocenters. The molecule has 0 amide bonds. The van der Waals surface area contributed by atoms with E-state index < -0.39 is 12.0 Å². The van der Waals surface area contributed by atoms with Crippen LogP contribution in [0.5, 0.6) is 0 Å². The van der Waals surface area contributed by atoms with Crippen LogP contribution < -0.4 is 5.32 Å². The number of nitrogens with zero attached hydrogens (tertiary/aromatic N) is 2. The molecule has 0 aromatic carbocycles. The number of carbonyl (C=O) groups is 1. The van der Waals surface area contributed by atoms with Gasteiger partial charge in [-0.25, -0.2) is 0 Å². The quantitative estimate of drug-likeness (QED) is 0.721. The second-order valence-electron chi connectivity index (χ2n) is 3.65. The number of aryl methyl sites for hydroxylation is 1. The van der Waals surface area contributed by atoms with Crippen molar-refractivity contribution >= 4 is 5.97 Å². The van der Waals surface area contributed by atoms with Crippen LogP contribution in [-0.2, 0) is 17.8 Å². The first-order chi connectivity index (χ1) is 7.63. The van der Waals surface area contributed by atoms with Gasteiger partial charge in [0.15, 0.2) is 5.82 Å². The molecule has 1 heterocycles. The minimum atomic E-state index is -0.897. The molecular weight excluding hydrogens is 210 g/mol. The number of nitrogens with one attached hydrogen (secondary N) is 1. The van der Waals surface area contributed by atoms with Crippen molar-refractivity contribution in [3.05, 3.63) is 11.7 Å². The Morgan fingerprint density at radius 3 is 3.00 bits per heavy atom. The average Bonchev–Trinajstić information content (AvgIpc) is 2.70. The number of hydrogen-bond acceptors (Lipinski definition) is 5. The molecule has 0 aliphatic rings. The second kappa shape index (κ2) is 6.22. The van der Waals surface area contributed by atoms with Crippen LogP contribution in [0.4, 0.5) is 0 Å². The Bertz CT molecular complexity index is 338. The molecule has 0 aliphatic heterocycles. The molecule has 1 aromatic rings. The molecule has 0 radical (unpaired) electrons. The topological polar surface area (TPSA) is 88.2 Å². The first kappa shape index (κ1) is 12.6. The third-order valence-corrected chi connectivity index (χ3v) is 2.19. The predicted molar refractivity (Wildman–Crippen MR) is 56.8 cm³/mol. The third kappa shape index (κ3) is 3.98. The zero-order valence-electron chi connectivity index (χ0n) is 9.56. The summed E-state index contributed by atoms with van der Waals surface area (Å²) in [4.78, 5) is 14.7. The van der Waals surface area contributed by atoms with Crippen LogP contribution in [0.1, 0.15) is 38.4 Å². The summed E-state index contributed by atoms with van der Waals surface area (Å²) in [5.74, 6) is 0.214. The first-order valence-electron chi connectivity index (χ1n) is 5.41. The zero-order chi connectivity index (χ0) is 12.0. The van der Waals surface area contributed by atoms with E-state index in [9.17, 15) is 4.79 Å². The zero-order valence-corrected chi connectivity index (χ0v) is 9.56. The molecule has 6 nitrogen and oxygen atoms in total. The summed E-state index contributed by atoms with van der Waals surface area (Å²) < 4.78 is 4.98. The van der Waals surface area contributed by atoms with Gasteiger partial charge in [0.05, 0.1) is 6.54 Å². The Morgan fingerprint density at radius 1 is 1.62 bits per heavy atom. The Hall–Kier alpha value is -1.43. The highest BCUT2D eigenvalue weighted by Gasteiger charge is 2.12. The van der Waals surface area contributed by atoms with Crippen molar-refractivity contribution in [1.29, 1.82) is 0 Å². The molecule has 90 valence electrons. The third-order valence-electron chi connectivity index (χ3n) is 2.19. The summed E-state index contributed by atoms with van der Waals surface area (Å²) in [6, 6.07) is -0.619. The lowest BCUT2D eigenvalue weighted by molar-refractivity contribution is -0.139. The summed E-state index contributed by atoms with van der Waals surface area (Å²) in [7, 11) is 0. The van der Waals surface area contributed by atoms with E-state index in [-0.39, 0.29) is 6.54 Å². The van der Waals surface area contributed by atoms with E-state index >= 15 is 0 Å². The normalized spacial score (nSPS) is 12.6. The van der Waals surface area contributed by atoms with Gasteiger partial charge in [-0.05, 0) is 13.3 Å². The Morgan fingerprint density at radius 2 is 2.38 bits per heavy atom. The summed E-state index contributed by atoms with van der Waals surface area (Å²) >= 11 is 0. The van der Waals surface area contributed by atoms with E-state index in [0.29, 0.717) is 11.7 Å². The van der Waals surface area contributed by atoms with E-state index in [0.717, 1.165) is 19.3 Å². The highest BCUT2D eigenvalue weighted by atomic mass is 16.5. The number of carboxylic acids is 1. The van der Waals surface area contributed by atoms with Crippen molar-refractivity contribution in [2.24, 2.45) is 0 Å². The molecule has 0 bridgehead atoms. The number of carboxylic acid groups (broad SMARTS) is 1. The van der Waals surface area contributed by atoms with E-state index in [2.05, 4.69) is 22.4 Å². The molecule has 2 N–H and O–H groups in total. The first-order valence-corrected chi connectivity index (χ1v) is 5.41. The van der Waals surface area contributed by atoms with Gasteiger partial charge in [-0.2, -0.15) is 4.98 Å². The largest absolute Gasteiger partial charge is 0.480 e. The molecule has 0 saturated carbocycles. The Balaban J connectivity index is 2.37. The maximum absolute atomic E-state index is 10.5. The smallest absolute Gasteiger partial charge is 0.320 e. The fourth-order valence-corrected chi connectivity index (χ4v) is 1.13. The molecule has 16 heavy (non-hydrogen) atoms. The maximum atomic E-state index is 10.5. The van der Waals surface area contributed by atoms with Crippen LogP contribution in [0.2, 0.25) is 0 Å². The molecule has 0 spiro atoms. The standard InChI is InChI=1S/C10H17N3O3/c1-3-4-5-8-12-9(16-13-8)6-11-7(2)10(14)15/h7,11H,3-6H2,1-2H3,(H,14,15). The minimum Gasteiger partial charge on any atom is -0.480 e. The number of hydrogen-bond donors (Lipinski definition) is 2. The fraction of sp³-hybridized carbons (Fsp3) is 0.700. The molecule has 0 aliphatic carbocycles. The van der Waals surface area contributed by atoms with Crippen molar-refractivity contribution < 1.29 is 14.4 Å². The van der Waals surface area contributed by atoms with Crippen LogP contribution in [0, 0.1) is 0 Å². The van der Waals surface area contributed by atoms with Gasteiger partial charge >= 0.3 is 5.97 Å². The summed E-state index contributed by atoms with van der Waals surface area (Å²) in [6.07, 6.45) is 2.91. The molecule has 0 saturated heterocycles. The lowest BCUT2D eigenvalue weighted by Crippen LogP contribution is -2.33. The molecule has 1 aromatic heterocycles. The maximum Gasteiger partial charge on any atom is 0.320 e. The van der Waals surface area contributed by atoms with Gasteiger partial charge in [-0.3, -0.25) is 10.1 Å². The Labute approximate surface area is 94.0 Å².